The summed E-state index contributed by atoms with van der Waals surface area (Å²) >= 11 is 0. The first-order valence-electron chi connectivity index (χ1n) is 15.9. The molecule has 0 spiro atoms. The van der Waals surface area contributed by atoms with E-state index in [1.54, 1.807) is 32.9 Å². The second kappa shape index (κ2) is 16.2. The van der Waals surface area contributed by atoms with E-state index in [2.05, 4.69) is 6.58 Å². The SMILES string of the molecule is C=C1C=C(C)C(C)C(O)CC(=O)C(C)CC(=O)CC2CCC(O2)C(C=CC=C(C)C)OC(=O)CC2OC(CC2C)C(O)C1O. The molecule has 2 fully saturated rings. The molecule has 3 N–H and O–H groups in total. The van der Waals surface area contributed by atoms with Gasteiger partial charge in [0.25, 0.3) is 0 Å². The number of carbonyl (C=O) groups excluding carboxylic acids is 3. The summed E-state index contributed by atoms with van der Waals surface area (Å²) < 4.78 is 18.2. The molecule has 0 amide bonds. The Labute approximate surface area is 262 Å². The van der Waals surface area contributed by atoms with Crippen molar-refractivity contribution < 1.29 is 43.9 Å². The number of rotatable bonds is 2. The molecule has 0 aromatic carbocycles. The number of hydrogen-bond acceptors (Lipinski definition) is 9. The van der Waals surface area contributed by atoms with Crippen LogP contribution in [0, 0.1) is 17.8 Å². The fourth-order valence-electron chi connectivity index (χ4n) is 6.10. The molecule has 3 heterocycles. The van der Waals surface area contributed by atoms with Crippen molar-refractivity contribution in [3.63, 3.8) is 0 Å². The van der Waals surface area contributed by atoms with Gasteiger partial charge in [-0.2, -0.15) is 0 Å². The first kappa shape index (κ1) is 36.0. The van der Waals surface area contributed by atoms with Gasteiger partial charge in [-0.1, -0.05) is 56.7 Å². The molecule has 3 aliphatic heterocycles. The molecular weight excluding hydrogens is 564 g/mol. The van der Waals surface area contributed by atoms with Gasteiger partial charge in [0.15, 0.2) is 0 Å². The average molecular weight is 617 g/mol. The lowest BCUT2D eigenvalue weighted by atomic mass is 9.87. The molecule has 3 aliphatic rings. The number of hydrogen-bond donors (Lipinski definition) is 3. The van der Waals surface area contributed by atoms with Crippen LogP contribution in [-0.2, 0) is 28.6 Å². The minimum atomic E-state index is -1.33. The molecule has 0 aromatic rings. The summed E-state index contributed by atoms with van der Waals surface area (Å²) in [6, 6.07) is 0. The van der Waals surface area contributed by atoms with Crippen LogP contribution in [-0.4, -0.2) is 81.7 Å². The Morgan fingerprint density at radius 2 is 1.64 bits per heavy atom. The summed E-state index contributed by atoms with van der Waals surface area (Å²) in [4.78, 5) is 39.0. The van der Waals surface area contributed by atoms with Crippen LogP contribution in [0.2, 0.25) is 0 Å². The van der Waals surface area contributed by atoms with Gasteiger partial charge in [0.1, 0.15) is 29.9 Å². The molecule has 44 heavy (non-hydrogen) atoms. The van der Waals surface area contributed by atoms with Gasteiger partial charge in [0.05, 0.1) is 36.9 Å². The third-order valence-corrected chi connectivity index (χ3v) is 9.20. The van der Waals surface area contributed by atoms with Crippen molar-refractivity contribution in [2.24, 2.45) is 17.8 Å². The first-order chi connectivity index (χ1) is 20.7. The van der Waals surface area contributed by atoms with Crippen LogP contribution in [0.1, 0.15) is 86.5 Å². The quantitative estimate of drug-likeness (QED) is 0.306. The Bertz CT molecular complexity index is 1130. The van der Waals surface area contributed by atoms with E-state index in [1.807, 2.05) is 32.9 Å². The van der Waals surface area contributed by atoms with E-state index in [9.17, 15) is 29.7 Å². The Hall–Kier alpha value is -2.43. The number of fused-ring (bicyclic) bond motifs is 4. The molecule has 0 aromatic heterocycles. The van der Waals surface area contributed by atoms with Crippen LogP contribution < -0.4 is 0 Å². The van der Waals surface area contributed by atoms with Gasteiger partial charge in [-0.15, -0.1) is 0 Å². The Morgan fingerprint density at radius 1 is 0.932 bits per heavy atom. The summed E-state index contributed by atoms with van der Waals surface area (Å²) in [7, 11) is 0. The van der Waals surface area contributed by atoms with Gasteiger partial charge in [0, 0.05) is 31.1 Å². The normalized spacial score (nSPS) is 38.8. The van der Waals surface area contributed by atoms with Crippen molar-refractivity contribution >= 4 is 17.5 Å². The van der Waals surface area contributed by atoms with Crippen LogP contribution in [0.5, 0.6) is 0 Å². The summed E-state index contributed by atoms with van der Waals surface area (Å²) in [6.07, 6.45) is 2.65. The highest BCUT2D eigenvalue weighted by Gasteiger charge is 2.41. The number of aliphatic hydroxyl groups is 3. The Kier molecular flexibility index (Phi) is 13.3. The van der Waals surface area contributed by atoms with Crippen molar-refractivity contribution in [3.8, 4) is 0 Å². The molecule has 3 rings (SSSR count). The van der Waals surface area contributed by atoms with Gasteiger partial charge in [-0.05, 0) is 57.6 Å². The zero-order chi connectivity index (χ0) is 32.7. The highest BCUT2D eigenvalue weighted by Crippen LogP contribution is 2.34. The number of ketones is 2. The Balaban J connectivity index is 1.85. The third kappa shape index (κ3) is 10.0. The average Bonchev–Trinajstić information content (AvgIpc) is 3.56. The topological polar surface area (TPSA) is 140 Å². The zero-order valence-corrected chi connectivity index (χ0v) is 27.1. The molecule has 0 saturated carbocycles. The van der Waals surface area contributed by atoms with Crippen molar-refractivity contribution in [2.75, 3.05) is 0 Å². The number of Topliss-reactive ketones (excluding diaryl/α,β-unsaturated/α-hetero) is 2. The maximum absolute atomic E-state index is 13.1. The molecule has 11 unspecified atom stereocenters. The molecule has 0 aliphatic carbocycles. The van der Waals surface area contributed by atoms with E-state index < -0.39 is 60.5 Å². The number of esters is 1. The molecular formula is C35H52O9. The third-order valence-electron chi connectivity index (χ3n) is 9.20. The lowest BCUT2D eigenvalue weighted by molar-refractivity contribution is -0.158. The van der Waals surface area contributed by atoms with E-state index in [1.165, 1.54) is 0 Å². The molecule has 9 heteroatoms. The van der Waals surface area contributed by atoms with Crippen LogP contribution in [0.25, 0.3) is 0 Å². The van der Waals surface area contributed by atoms with Gasteiger partial charge in [-0.25, -0.2) is 0 Å². The standard InChI is InChI=1S/C35H52O9/c1-19(2)9-8-10-29-30-12-11-26(42-30)16-25(36)14-21(4)27(37)17-28(38)24(7)20(3)13-23(6)34(40)35(41)32-15-22(5)31(43-32)18-33(39)44-29/h8-10,13,21-22,24,26,28-32,34-35,38,40-41H,6,11-12,14-18H2,1-5,7H3. The van der Waals surface area contributed by atoms with Crippen LogP contribution in [0.4, 0.5) is 0 Å². The van der Waals surface area contributed by atoms with E-state index in [0.717, 1.165) is 5.57 Å². The van der Waals surface area contributed by atoms with Gasteiger partial charge >= 0.3 is 5.97 Å². The molecule has 9 nitrogen and oxygen atoms in total. The predicted octanol–water partition coefficient (Wildman–Crippen LogP) is 4.33. The maximum Gasteiger partial charge on any atom is 0.309 e. The zero-order valence-electron chi connectivity index (χ0n) is 27.1. The number of aliphatic hydroxyl groups excluding tert-OH is 3. The van der Waals surface area contributed by atoms with E-state index in [4.69, 9.17) is 14.2 Å². The molecule has 11 atom stereocenters. The summed E-state index contributed by atoms with van der Waals surface area (Å²) in [6.45, 7) is 15.0. The summed E-state index contributed by atoms with van der Waals surface area (Å²) in [5.41, 5.74) is 2.01. The molecule has 4 bridgehead atoms. The molecule has 0 radical (unpaired) electrons. The second-order valence-corrected chi connectivity index (χ2v) is 13.4. The van der Waals surface area contributed by atoms with Crippen molar-refractivity contribution in [2.45, 2.75) is 135 Å². The molecule has 2 saturated heterocycles. The fraction of sp³-hybridized carbons (Fsp3) is 0.686. The minimum absolute atomic E-state index is 0.0244. The predicted molar refractivity (Wildman–Crippen MR) is 167 cm³/mol. The van der Waals surface area contributed by atoms with Gasteiger partial charge in [0.2, 0.25) is 0 Å². The van der Waals surface area contributed by atoms with E-state index >= 15 is 0 Å². The molecule has 246 valence electrons. The largest absolute Gasteiger partial charge is 0.455 e. The first-order valence-corrected chi connectivity index (χ1v) is 15.9. The van der Waals surface area contributed by atoms with Crippen LogP contribution >= 0.6 is 0 Å². The van der Waals surface area contributed by atoms with E-state index in [-0.39, 0.29) is 54.8 Å². The highest BCUT2D eigenvalue weighted by molar-refractivity contribution is 5.88. The van der Waals surface area contributed by atoms with Gasteiger partial charge in [-0.3, -0.25) is 14.4 Å². The van der Waals surface area contributed by atoms with Crippen molar-refractivity contribution in [1.82, 2.24) is 0 Å². The number of cyclic esters (lactones) is 1. The minimum Gasteiger partial charge on any atom is -0.455 e. The second-order valence-electron chi connectivity index (χ2n) is 13.4. The lowest BCUT2D eigenvalue weighted by Crippen LogP contribution is -2.38. The fourth-order valence-corrected chi connectivity index (χ4v) is 6.10. The number of ether oxygens (including phenoxy) is 3. The summed E-state index contributed by atoms with van der Waals surface area (Å²) in [5, 5.41) is 32.7. The van der Waals surface area contributed by atoms with Crippen LogP contribution in [0.15, 0.2) is 47.6 Å². The van der Waals surface area contributed by atoms with E-state index in [0.29, 0.717) is 24.8 Å². The van der Waals surface area contributed by atoms with Gasteiger partial charge < -0.3 is 29.5 Å². The maximum atomic E-state index is 13.1. The number of allylic oxidation sites excluding steroid dienone is 3. The van der Waals surface area contributed by atoms with Crippen molar-refractivity contribution in [3.05, 3.63) is 47.6 Å². The number of carbonyl (C=O) groups is 3. The Morgan fingerprint density at radius 3 is 2.32 bits per heavy atom. The van der Waals surface area contributed by atoms with Crippen molar-refractivity contribution in [1.29, 1.82) is 0 Å². The van der Waals surface area contributed by atoms with Crippen LogP contribution in [0.3, 0.4) is 0 Å². The summed E-state index contributed by atoms with van der Waals surface area (Å²) in [5.74, 6) is -1.81. The highest BCUT2D eigenvalue weighted by atomic mass is 16.6. The smallest absolute Gasteiger partial charge is 0.309 e. The monoisotopic (exact) mass is 616 g/mol. The lowest BCUT2D eigenvalue weighted by Gasteiger charge is -2.26.